The lowest BCUT2D eigenvalue weighted by molar-refractivity contribution is -0.157. The molecular formula is C34H40F2N5O15P. The molecule has 0 radical (unpaired) electrons. The number of carboxylic acid groups (broad SMARTS) is 1. The number of pyridine rings is 1. The number of benzene rings is 1. The topological polar surface area (TPSA) is 262 Å². The summed E-state index contributed by atoms with van der Waals surface area (Å²) in [7, 11) is -4.99. The monoisotopic (exact) mass is 827 g/mol. The van der Waals surface area contributed by atoms with Gasteiger partial charge in [-0.15, -0.1) is 0 Å². The second kappa shape index (κ2) is 17.8. The molecule has 20 nitrogen and oxygen atoms in total. The molecule has 3 aliphatic rings. The van der Waals surface area contributed by atoms with Crippen LogP contribution in [0.3, 0.4) is 0 Å². The number of nitrogens with zero attached hydrogens (tertiary/aromatic N) is 4. The number of halogens is 2. The number of phosphoric ester groups is 1. The highest BCUT2D eigenvalue weighted by atomic mass is 31.2. The molecule has 3 heterocycles. The lowest BCUT2D eigenvalue weighted by Gasteiger charge is -2.40. The largest absolute Gasteiger partial charge is 0.480 e. The SMILES string of the molecule is C/C1=N/OCC[C@H](C)N2C[C@H](C1)n1cc(C(=O)NCc3ccc(F)cc3F)c(=O)c(OCOC(=O)C3(CCN(CC(=O)O)C(=O)OCOP(=O)(O)O)CC3)c1C2=O. The van der Waals surface area contributed by atoms with Crippen LogP contribution in [0.4, 0.5) is 13.6 Å². The van der Waals surface area contributed by atoms with Gasteiger partial charge in [0.1, 0.15) is 30.3 Å². The molecule has 4 N–H and O–H groups in total. The molecule has 2 aliphatic heterocycles. The minimum absolute atomic E-state index is 0.0731. The highest BCUT2D eigenvalue weighted by molar-refractivity contribution is 7.46. The Balaban J connectivity index is 1.37. The minimum Gasteiger partial charge on any atom is -0.480 e. The summed E-state index contributed by atoms with van der Waals surface area (Å²) < 4.78 is 59.8. The Labute approximate surface area is 322 Å². The van der Waals surface area contributed by atoms with Gasteiger partial charge in [-0.1, -0.05) is 11.2 Å². The summed E-state index contributed by atoms with van der Waals surface area (Å²) in [5.74, 6) is -6.28. The molecule has 0 unspecified atom stereocenters. The fourth-order valence-corrected chi connectivity index (χ4v) is 6.50. The van der Waals surface area contributed by atoms with E-state index in [0.29, 0.717) is 23.1 Å². The standard InChI is InChI=1S/C34H40F2N5O15P/c1-19-11-23-14-40(20(2)5-10-55-38-19)31(46)27-29(28(44)24(15-41(23)27)30(45)37-13-21-3-4-22(35)12-25(21)36)52-17-53-32(47)34(6-7-34)8-9-39(16-26(42)43)33(48)54-18-56-57(49,50)51/h3-4,12,15,20,23H,5-11,13-14,16-18H2,1-2H3,(H,37,45)(H,42,43)(H2,49,50,51)/b38-19-/t20-,23-/m0/s1. The number of carbonyl (C=O) groups excluding carboxylic acids is 4. The Bertz CT molecular complexity index is 2050. The van der Waals surface area contributed by atoms with E-state index in [1.807, 2.05) is 0 Å². The molecule has 2 aromatic rings. The second-order valence-corrected chi connectivity index (χ2v) is 14.9. The zero-order chi connectivity index (χ0) is 41.7. The first kappa shape index (κ1) is 42.7. The second-order valence-electron chi connectivity index (χ2n) is 13.7. The third-order valence-electron chi connectivity index (χ3n) is 9.59. The van der Waals surface area contributed by atoms with Gasteiger partial charge >= 0.3 is 25.9 Å². The summed E-state index contributed by atoms with van der Waals surface area (Å²) >= 11 is 0. The lowest BCUT2D eigenvalue weighted by atomic mass is 10.0. The smallest absolute Gasteiger partial charge is 0.472 e. The summed E-state index contributed by atoms with van der Waals surface area (Å²) in [6, 6.07) is 1.78. The molecule has 2 atom stereocenters. The van der Waals surface area contributed by atoms with Gasteiger partial charge in [0.25, 0.3) is 11.8 Å². The lowest BCUT2D eigenvalue weighted by Crippen LogP contribution is -2.50. The van der Waals surface area contributed by atoms with Gasteiger partial charge in [-0.3, -0.25) is 28.9 Å². The van der Waals surface area contributed by atoms with E-state index in [-0.39, 0.29) is 62.7 Å². The average Bonchev–Trinajstić information content (AvgIpc) is 3.93. The Morgan fingerprint density at radius 2 is 1.88 bits per heavy atom. The quantitative estimate of drug-likeness (QED) is 0.114. The molecule has 310 valence electrons. The van der Waals surface area contributed by atoms with Crippen LogP contribution < -0.4 is 15.5 Å². The number of hydrogen-bond donors (Lipinski definition) is 4. The van der Waals surface area contributed by atoms with Crippen LogP contribution >= 0.6 is 7.82 Å². The first-order chi connectivity index (χ1) is 26.9. The molecule has 5 rings (SSSR count). The normalized spacial score (nSPS) is 19.5. The van der Waals surface area contributed by atoms with E-state index in [1.54, 1.807) is 13.8 Å². The van der Waals surface area contributed by atoms with Crippen LogP contribution in [0.25, 0.3) is 0 Å². The Morgan fingerprint density at radius 1 is 1.14 bits per heavy atom. The molecular weight excluding hydrogens is 787 g/mol. The summed E-state index contributed by atoms with van der Waals surface area (Å²) in [5.41, 5.74) is -2.54. The zero-order valence-corrected chi connectivity index (χ0v) is 31.6. The first-order valence-corrected chi connectivity index (χ1v) is 19.0. The third kappa shape index (κ3) is 10.7. The maximum Gasteiger partial charge on any atom is 0.472 e. The summed E-state index contributed by atoms with van der Waals surface area (Å²) in [5, 5.41) is 15.8. The van der Waals surface area contributed by atoms with E-state index in [1.165, 1.54) is 15.7 Å². The van der Waals surface area contributed by atoms with Crippen LogP contribution in [0.1, 0.15) is 78.4 Å². The van der Waals surface area contributed by atoms with E-state index < -0.39 is 104 Å². The number of ether oxygens (including phenoxy) is 3. The number of nitrogens with one attached hydrogen (secondary N) is 1. The van der Waals surface area contributed by atoms with Crippen molar-refractivity contribution in [2.45, 2.75) is 64.6 Å². The Hall–Kier alpha value is -5.44. The van der Waals surface area contributed by atoms with Crippen molar-refractivity contribution in [3.05, 3.63) is 63.1 Å². The highest BCUT2D eigenvalue weighted by Gasteiger charge is 2.51. The highest BCUT2D eigenvalue weighted by Crippen LogP contribution is 2.50. The molecule has 0 spiro atoms. The number of hydrogen-bond acceptors (Lipinski definition) is 13. The molecule has 1 aromatic carbocycles. The summed E-state index contributed by atoms with van der Waals surface area (Å²) in [6.45, 7) is 0.0782. The molecule has 1 fully saturated rings. The number of aromatic nitrogens is 1. The van der Waals surface area contributed by atoms with Crippen molar-refractivity contribution in [2.24, 2.45) is 10.6 Å². The van der Waals surface area contributed by atoms with Crippen LogP contribution in [-0.2, 0) is 39.5 Å². The number of aliphatic carboxylic acids is 1. The predicted octanol–water partition coefficient (Wildman–Crippen LogP) is 2.27. The fraction of sp³-hybridized carbons (Fsp3) is 0.500. The molecule has 2 bridgehead atoms. The number of rotatable bonds is 15. The first-order valence-electron chi connectivity index (χ1n) is 17.5. The number of carbonyl (C=O) groups is 5. The van der Waals surface area contributed by atoms with Crippen molar-refractivity contribution in [1.82, 2.24) is 19.7 Å². The van der Waals surface area contributed by atoms with Crippen molar-refractivity contribution < 1.29 is 75.8 Å². The van der Waals surface area contributed by atoms with Gasteiger partial charge in [-0.2, -0.15) is 0 Å². The maximum absolute atomic E-state index is 14.3. The molecule has 1 aromatic heterocycles. The van der Waals surface area contributed by atoms with Crippen molar-refractivity contribution in [2.75, 3.05) is 39.8 Å². The molecule has 1 saturated carbocycles. The maximum atomic E-state index is 14.3. The van der Waals surface area contributed by atoms with Crippen molar-refractivity contribution in [3.8, 4) is 5.75 Å². The van der Waals surface area contributed by atoms with Gasteiger partial charge in [-0.25, -0.2) is 22.7 Å². The predicted molar refractivity (Wildman–Crippen MR) is 188 cm³/mol. The summed E-state index contributed by atoms with van der Waals surface area (Å²) in [6.07, 6.45) is 0.872. The number of esters is 1. The van der Waals surface area contributed by atoms with Crippen LogP contribution in [0.15, 0.2) is 34.3 Å². The van der Waals surface area contributed by atoms with Crippen LogP contribution in [-0.4, -0.2) is 111 Å². The number of phosphoric acid groups is 1. The average molecular weight is 828 g/mol. The zero-order valence-electron chi connectivity index (χ0n) is 30.7. The van der Waals surface area contributed by atoms with E-state index in [2.05, 4.69) is 19.7 Å². The van der Waals surface area contributed by atoms with Crippen LogP contribution in [0.5, 0.6) is 5.75 Å². The molecule has 57 heavy (non-hydrogen) atoms. The van der Waals surface area contributed by atoms with Gasteiger partial charge in [0.05, 0.1) is 17.2 Å². The minimum atomic E-state index is -4.99. The fourth-order valence-electron chi connectivity index (χ4n) is 6.31. The summed E-state index contributed by atoms with van der Waals surface area (Å²) in [4.78, 5) is 104. The third-order valence-corrected chi connectivity index (χ3v) is 10.0. The van der Waals surface area contributed by atoms with Crippen molar-refractivity contribution in [3.63, 3.8) is 0 Å². The molecule has 23 heteroatoms. The Morgan fingerprint density at radius 3 is 2.54 bits per heavy atom. The molecule has 3 amide bonds. The van der Waals surface area contributed by atoms with Gasteiger partial charge in [-0.05, 0) is 39.2 Å². The van der Waals surface area contributed by atoms with Gasteiger partial charge in [0.2, 0.25) is 24.8 Å². The van der Waals surface area contributed by atoms with Crippen LogP contribution in [0, 0.1) is 17.0 Å². The van der Waals surface area contributed by atoms with E-state index in [9.17, 15) is 47.2 Å². The molecule has 0 saturated heterocycles. The Kier molecular flexibility index (Phi) is 13.3. The molecule has 1 aliphatic carbocycles. The van der Waals surface area contributed by atoms with E-state index in [0.717, 1.165) is 12.1 Å². The van der Waals surface area contributed by atoms with E-state index in [4.69, 9.17) is 24.1 Å². The van der Waals surface area contributed by atoms with Gasteiger partial charge in [0.15, 0.2) is 5.69 Å². The number of oxime groups is 1. The van der Waals surface area contributed by atoms with E-state index >= 15 is 0 Å². The number of fused-ring (bicyclic) bond motifs is 4. The van der Waals surface area contributed by atoms with Gasteiger partial charge < -0.3 is 48.7 Å². The van der Waals surface area contributed by atoms with Crippen LogP contribution in [0.2, 0.25) is 0 Å². The van der Waals surface area contributed by atoms with Crippen molar-refractivity contribution >= 4 is 43.4 Å². The number of carboxylic acids is 1. The van der Waals surface area contributed by atoms with Crippen molar-refractivity contribution in [1.29, 1.82) is 0 Å². The van der Waals surface area contributed by atoms with Gasteiger partial charge in [0, 0.05) is 56.3 Å². The number of amides is 3.